The van der Waals surface area contributed by atoms with Crippen molar-refractivity contribution in [2.75, 3.05) is 12.9 Å². The molecule has 1 N–H and O–H groups in total. The van der Waals surface area contributed by atoms with Gasteiger partial charge >= 0.3 is 0 Å². The molecular weight excluding hydrogens is 420 g/mol. The number of methoxy groups -OCH3 is 1. The molecule has 0 aromatic heterocycles. The lowest BCUT2D eigenvalue weighted by atomic mass is 10.1. The van der Waals surface area contributed by atoms with Gasteiger partial charge in [0.05, 0.1) is 12.9 Å². The molecular formula is C26H36N2O3S. The fourth-order valence-electron chi connectivity index (χ4n) is 3.47. The molecule has 2 aromatic carbocycles. The summed E-state index contributed by atoms with van der Waals surface area (Å²) in [4.78, 5) is 28.0. The van der Waals surface area contributed by atoms with Gasteiger partial charge in [-0.25, -0.2) is 0 Å². The van der Waals surface area contributed by atoms with Crippen LogP contribution in [0.15, 0.2) is 48.5 Å². The molecule has 0 aliphatic heterocycles. The molecule has 0 heterocycles. The minimum atomic E-state index is -0.512. The van der Waals surface area contributed by atoms with E-state index >= 15 is 0 Å². The number of hydrogen-bond acceptors (Lipinski definition) is 4. The fraction of sp³-hybridized carbons (Fsp3) is 0.462. The van der Waals surface area contributed by atoms with E-state index in [0.717, 1.165) is 23.5 Å². The van der Waals surface area contributed by atoms with Gasteiger partial charge in [-0.05, 0) is 49.9 Å². The van der Waals surface area contributed by atoms with E-state index in [-0.39, 0.29) is 17.9 Å². The van der Waals surface area contributed by atoms with Crippen LogP contribution in [0.4, 0.5) is 0 Å². The Bertz CT molecular complexity index is 887. The number of benzene rings is 2. The summed E-state index contributed by atoms with van der Waals surface area (Å²) in [5.41, 5.74) is 3.35. The third kappa shape index (κ3) is 7.90. The van der Waals surface area contributed by atoms with Crippen molar-refractivity contribution in [3.8, 4) is 5.75 Å². The molecule has 0 aliphatic carbocycles. The van der Waals surface area contributed by atoms with E-state index in [1.54, 1.807) is 23.8 Å². The van der Waals surface area contributed by atoms with Crippen LogP contribution in [0.25, 0.3) is 0 Å². The number of nitrogens with zero attached hydrogens (tertiary/aromatic N) is 1. The van der Waals surface area contributed by atoms with Gasteiger partial charge in [0, 0.05) is 18.3 Å². The quantitative estimate of drug-likeness (QED) is 0.490. The van der Waals surface area contributed by atoms with Gasteiger partial charge in [0.1, 0.15) is 11.8 Å². The lowest BCUT2D eigenvalue weighted by molar-refractivity contribution is -0.139. The van der Waals surface area contributed by atoms with Gasteiger partial charge in [0.25, 0.3) is 0 Å². The van der Waals surface area contributed by atoms with E-state index in [0.29, 0.717) is 18.7 Å². The first-order valence-corrected chi connectivity index (χ1v) is 12.4. The number of carbonyl (C=O) groups excluding carboxylic acids is 2. The summed E-state index contributed by atoms with van der Waals surface area (Å²) >= 11 is 1.58. The monoisotopic (exact) mass is 456 g/mol. The Morgan fingerprint density at radius 1 is 1.06 bits per heavy atom. The van der Waals surface area contributed by atoms with Crippen molar-refractivity contribution in [3.63, 3.8) is 0 Å². The Morgan fingerprint density at radius 3 is 2.44 bits per heavy atom. The van der Waals surface area contributed by atoms with E-state index in [2.05, 4.69) is 30.4 Å². The molecule has 0 fully saturated rings. The SMILES string of the molecule is CC[C@H](C(=O)N[C@@H](C)CC)N(Cc1cccc(OC)c1)C(=O)CSCc1cccc(C)c1. The van der Waals surface area contributed by atoms with E-state index in [9.17, 15) is 9.59 Å². The third-order valence-corrected chi connectivity index (χ3v) is 6.44. The van der Waals surface area contributed by atoms with Crippen molar-refractivity contribution in [3.05, 3.63) is 65.2 Å². The molecule has 174 valence electrons. The smallest absolute Gasteiger partial charge is 0.243 e. The Kier molecular flexibility index (Phi) is 10.6. The molecule has 2 amide bonds. The van der Waals surface area contributed by atoms with Gasteiger partial charge in [0.2, 0.25) is 11.8 Å². The molecule has 5 nitrogen and oxygen atoms in total. The van der Waals surface area contributed by atoms with Crippen molar-refractivity contribution in [1.29, 1.82) is 0 Å². The number of hydrogen-bond donors (Lipinski definition) is 1. The first-order valence-electron chi connectivity index (χ1n) is 11.2. The number of carbonyl (C=O) groups is 2. The first kappa shape index (κ1) is 25.8. The summed E-state index contributed by atoms with van der Waals surface area (Å²) in [5.74, 6) is 1.70. The summed E-state index contributed by atoms with van der Waals surface area (Å²) in [6.45, 7) is 8.40. The van der Waals surface area contributed by atoms with Crippen LogP contribution < -0.4 is 10.1 Å². The Morgan fingerprint density at radius 2 is 1.78 bits per heavy atom. The minimum Gasteiger partial charge on any atom is -0.497 e. The highest BCUT2D eigenvalue weighted by molar-refractivity contribution is 7.99. The molecule has 6 heteroatoms. The van der Waals surface area contributed by atoms with Crippen LogP contribution in [-0.2, 0) is 21.9 Å². The van der Waals surface area contributed by atoms with Crippen LogP contribution in [0.1, 0.15) is 50.3 Å². The Hall–Kier alpha value is -2.47. The molecule has 32 heavy (non-hydrogen) atoms. The van der Waals surface area contributed by atoms with Crippen LogP contribution >= 0.6 is 11.8 Å². The average molecular weight is 457 g/mol. The first-order chi connectivity index (χ1) is 15.4. The second-order valence-electron chi connectivity index (χ2n) is 8.10. The summed E-state index contributed by atoms with van der Waals surface area (Å²) in [7, 11) is 1.62. The molecule has 0 unspecified atom stereocenters. The van der Waals surface area contributed by atoms with Crippen LogP contribution in [0.2, 0.25) is 0 Å². The highest BCUT2D eigenvalue weighted by Gasteiger charge is 2.29. The predicted octanol–water partition coefficient (Wildman–Crippen LogP) is 4.96. The minimum absolute atomic E-state index is 0.0309. The summed E-state index contributed by atoms with van der Waals surface area (Å²) in [5, 5.41) is 3.05. The van der Waals surface area contributed by atoms with Crippen molar-refractivity contribution in [2.24, 2.45) is 0 Å². The maximum atomic E-state index is 13.3. The largest absolute Gasteiger partial charge is 0.497 e. The van der Waals surface area contributed by atoms with Crippen molar-refractivity contribution in [2.45, 2.75) is 64.9 Å². The molecule has 2 rings (SSSR count). The zero-order chi connectivity index (χ0) is 23.5. The molecule has 2 atom stereocenters. The zero-order valence-electron chi connectivity index (χ0n) is 19.9. The van der Waals surface area contributed by atoms with Crippen LogP contribution in [0.5, 0.6) is 5.75 Å². The maximum Gasteiger partial charge on any atom is 0.243 e. The molecule has 0 radical (unpaired) electrons. The standard InChI is InChI=1S/C26H36N2O3S/c1-6-20(4)27-26(30)24(7-2)28(16-21-11-9-13-23(15-21)31-5)25(29)18-32-17-22-12-8-10-19(3)14-22/h8-15,20,24H,6-7,16-18H2,1-5H3,(H,27,30)/t20-,24+/m0/s1. The van der Waals surface area contributed by atoms with Gasteiger partial charge in [0.15, 0.2) is 0 Å². The van der Waals surface area contributed by atoms with Crippen molar-refractivity contribution >= 4 is 23.6 Å². The van der Waals surface area contributed by atoms with E-state index in [1.165, 1.54) is 11.1 Å². The highest BCUT2D eigenvalue weighted by atomic mass is 32.2. The van der Waals surface area contributed by atoms with Gasteiger partial charge in [-0.1, -0.05) is 55.8 Å². The maximum absolute atomic E-state index is 13.3. The van der Waals surface area contributed by atoms with Gasteiger partial charge in [-0.3, -0.25) is 9.59 Å². The van der Waals surface area contributed by atoms with Crippen molar-refractivity contribution in [1.82, 2.24) is 10.2 Å². The van der Waals surface area contributed by atoms with Crippen LogP contribution in [-0.4, -0.2) is 41.7 Å². The lowest BCUT2D eigenvalue weighted by Crippen LogP contribution is -2.51. The Labute approximate surface area is 196 Å². The molecule has 0 saturated heterocycles. The van der Waals surface area contributed by atoms with E-state index < -0.39 is 6.04 Å². The summed E-state index contributed by atoms with van der Waals surface area (Å²) in [6.07, 6.45) is 1.40. The number of amides is 2. The van der Waals surface area contributed by atoms with Gasteiger partial charge in [-0.15, -0.1) is 11.8 Å². The van der Waals surface area contributed by atoms with Gasteiger partial charge in [-0.2, -0.15) is 0 Å². The van der Waals surface area contributed by atoms with E-state index in [1.807, 2.05) is 51.1 Å². The predicted molar refractivity (Wildman–Crippen MR) is 133 cm³/mol. The van der Waals surface area contributed by atoms with Crippen LogP contribution in [0, 0.1) is 6.92 Å². The Balaban J connectivity index is 2.16. The molecule has 0 aliphatic rings. The summed E-state index contributed by atoms with van der Waals surface area (Å²) < 4.78 is 5.34. The number of ether oxygens (including phenoxy) is 1. The topological polar surface area (TPSA) is 58.6 Å². The molecule has 0 bridgehead atoms. The highest BCUT2D eigenvalue weighted by Crippen LogP contribution is 2.20. The van der Waals surface area contributed by atoms with Crippen LogP contribution in [0.3, 0.4) is 0 Å². The fourth-order valence-corrected chi connectivity index (χ4v) is 4.33. The van der Waals surface area contributed by atoms with Crippen molar-refractivity contribution < 1.29 is 14.3 Å². The number of thioether (sulfide) groups is 1. The number of rotatable bonds is 12. The lowest BCUT2D eigenvalue weighted by Gasteiger charge is -2.31. The second-order valence-corrected chi connectivity index (χ2v) is 9.08. The van der Waals surface area contributed by atoms with E-state index in [4.69, 9.17) is 4.74 Å². The molecule has 0 spiro atoms. The average Bonchev–Trinajstić information content (AvgIpc) is 2.78. The third-order valence-electron chi connectivity index (χ3n) is 5.45. The van der Waals surface area contributed by atoms with Gasteiger partial charge < -0.3 is 15.0 Å². The second kappa shape index (κ2) is 13.2. The molecule has 2 aromatic rings. The number of aryl methyl sites for hydroxylation is 1. The number of nitrogens with one attached hydrogen (secondary N) is 1. The normalized spacial score (nSPS) is 12.7. The summed E-state index contributed by atoms with van der Waals surface area (Å²) in [6, 6.07) is 15.5. The zero-order valence-corrected chi connectivity index (χ0v) is 20.7. The molecule has 0 saturated carbocycles.